The van der Waals surface area contributed by atoms with Gasteiger partial charge < -0.3 is 15.0 Å². The van der Waals surface area contributed by atoms with Gasteiger partial charge in [-0.15, -0.1) is 0 Å². The fourth-order valence-electron chi connectivity index (χ4n) is 2.14. The first-order valence-corrected chi connectivity index (χ1v) is 6.25. The van der Waals surface area contributed by atoms with Crippen LogP contribution in [0.3, 0.4) is 0 Å². The fraction of sp³-hybridized carbons (Fsp3) is 0.267. The van der Waals surface area contributed by atoms with Crippen LogP contribution in [0.5, 0.6) is 5.75 Å². The minimum Gasteiger partial charge on any atom is -0.492 e. The van der Waals surface area contributed by atoms with Crippen molar-refractivity contribution in [3.8, 4) is 11.4 Å². The van der Waals surface area contributed by atoms with Gasteiger partial charge in [0.25, 0.3) is 0 Å². The van der Waals surface area contributed by atoms with Gasteiger partial charge in [0.1, 0.15) is 12.4 Å². The number of aryl methyl sites for hydroxylation is 2. The van der Waals surface area contributed by atoms with E-state index in [0.29, 0.717) is 13.2 Å². The molecule has 0 unspecified atom stereocenters. The molecule has 1 aromatic carbocycles. The van der Waals surface area contributed by atoms with Crippen LogP contribution in [0.2, 0.25) is 0 Å². The molecule has 0 atom stereocenters. The molecule has 2 N–H and O–H groups in total. The van der Waals surface area contributed by atoms with Crippen LogP contribution in [0.25, 0.3) is 5.69 Å². The van der Waals surface area contributed by atoms with Crippen molar-refractivity contribution >= 4 is 0 Å². The minimum absolute atomic E-state index is 0.0362. The second-order valence-corrected chi connectivity index (χ2v) is 4.44. The van der Waals surface area contributed by atoms with E-state index >= 15 is 0 Å². The molecular formula is C15H18N2O2. The van der Waals surface area contributed by atoms with E-state index < -0.39 is 0 Å². The quantitative estimate of drug-likeness (QED) is 0.909. The summed E-state index contributed by atoms with van der Waals surface area (Å²) in [5.74, 6) is 0.797. The highest BCUT2D eigenvalue weighted by molar-refractivity contribution is 5.40. The number of benzene rings is 1. The van der Waals surface area contributed by atoms with E-state index in [0.717, 1.165) is 22.8 Å². The van der Waals surface area contributed by atoms with Crippen molar-refractivity contribution in [1.29, 1.82) is 0 Å². The predicted molar refractivity (Wildman–Crippen MR) is 76.1 cm³/mol. The summed E-state index contributed by atoms with van der Waals surface area (Å²) in [7, 11) is 0. The molecule has 0 bridgehead atoms. The van der Waals surface area contributed by atoms with E-state index in [1.165, 1.54) is 0 Å². The van der Waals surface area contributed by atoms with Crippen molar-refractivity contribution in [2.45, 2.75) is 13.8 Å². The highest BCUT2D eigenvalue weighted by Crippen LogP contribution is 2.17. The summed E-state index contributed by atoms with van der Waals surface area (Å²) in [6.45, 7) is 4.86. The number of hydrogen-bond donors (Lipinski definition) is 1. The summed E-state index contributed by atoms with van der Waals surface area (Å²) in [5.41, 5.74) is 8.27. The van der Waals surface area contributed by atoms with E-state index in [1.807, 2.05) is 42.7 Å². The zero-order chi connectivity index (χ0) is 13.8. The lowest BCUT2D eigenvalue weighted by atomic mass is 10.2. The van der Waals surface area contributed by atoms with E-state index in [9.17, 15) is 4.79 Å². The van der Waals surface area contributed by atoms with Gasteiger partial charge in [0, 0.05) is 35.8 Å². The molecule has 1 heterocycles. The molecule has 4 heteroatoms. The standard InChI is InChI=1S/C15H18N2O2/c1-11-9-14(18)10-12(2)17(11)13-3-5-15(6-4-13)19-8-7-16/h3-6,9-10H,7-8,16H2,1-2H3. The Morgan fingerprint density at radius 1 is 1.11 bits per heavy atom. The minimum atomic E-state index is 0.0362. The number of nitrogens with zero attached hydrogens (tertiary/aromatic N) is 1. The lowest BCUT2D eigenvalue weighted by Crippen LogP contribution is -2.12. The predicted octanol–water partition coefficient (Wildman–Crippen LogP) is 1.79. The lowest BCUT2D eigenvalue weighted by Gasteiger charge is -2.14. The molecule has 0 aliphatic carbocycles. The van der Waals surface area contributed by atoms with Crippen molar-refractivity contribution in [3.63, 3.8) is 0 Å². The third-order valence-corrected chi connectivity index (χ3v) is 2.89. The molecular weight excluding hydrogens is 240 g/mol. The summed E-state index contributed by atoms with van der Waals surface area (Å²) < 4.78 is 7.48. The van der Waals surface area contributed by atoms with Crippen LogP contribution >= 0.6 is 0 Å². The molecule has 0 fully saturated rings. The Morgan fingerprint density at radius 2 is 1.68 bits per heavy atom. The summed E-state index contributed by atoms with van der Waals surface area (Å²) >= 11 is 0. The molecule has 2 rings (SSSR count). The van der Waals surface area contributed by atoms with Crippen molar-refractivity contribution < 1.29 is 4.74 Å². The largest absolute Gasteiger partial charge is 0.492 e. The maximum absolute atomic E-state index is 11.4. The lowest BCUT2D eigenvalue weighted by molar-refractivity contribution is 0.328. The summed E-state index contributed by atoms with van der Waals surface area (Å²) in [5, 5.41) is 0. The summed E-state index contributed by atoms with van der Waals surface area (Å²) in [4.78, 5) is 11.4. The highest BCUT2D eigenvalue weighted by atomic mass is 16.5. The van der Waals surface area contributed by atoms with Crippen LogP contribution in [0.1, 0.15) is 11.4 Å². The molecule has 0 spiro atoms. The first kappa shape index (κ1) is 13.4. The Hall–Kier alpha value is -2.07. The summed E-state index contributed by atoms with van der Waals surface area (Å²) in [6.07, 6.45) is 0. The SMILES string of the molecule is Cc1cc(=O)cc(C)n1-c1ccc(OCCN)cc1. The smallest absolute Gasteiger partial charge is 0.182 e. The molecule has 2 aromatic rings. The Kier molecular flexibility index (Phi) is 4.02. The molecule has 0 aliphatic rings. The van der Waals surface area contributed by atoms with Gasteiger partial charge in [0.05, 0.1) is 0 Å². The maximum Gasteiger partial charge on any atom is 0.182 e. The first-order chi connectivity index (χ1) is 9.11. The molecule has 0 radical (unpaired) electrons. The fourth-order valence-corrected chi connectivity index (χ4v) is 2.14. The zero-order valence-corrected chi connectivity index (χ0v) is 11.2. The van der Waals surface area contributed by atoms with E-state index in [-0.39, 0.29) is 5.43 Å². The highest BCUT2D eigenvalue weighted by Gasteiger charge is 2.04. The van der Waals surface area contributed by atoms with Gasteiger partial charge in [0.2, 0.25) is 0 Å². The average Bonchev–Trinajstić information content (AvgIpc) is 2.36. The van der Waals surface area contributed by atoms with Gasteiger partial charge in [-0.05, 0) is 38.1 Å². The normalized spacial score (nSPS) is 10.5. The number of nitrogens with two attached hydrogens (primary N) is 1. The third-order valence-electron chi connectivity index (χ3n) is 2.89. The van der Waals surface area contributed by atoms with Crippen molar-refractivity contribution in [2.24, 2.45) is 5.73 Å². The molecule has 0 saturated carbocycles. The van der Waals surface area contributed by atoms with Gasteiger partial charge in [-0.2, -0.15) is 0 Å². The number of rotatable bonds is 4. The second-order valence-electron chi connectivity index (χ2n) is 4.44. The first-order valence-electron chi connectivity index (χ1n) is 6.25. The molecule has 0 aliphatic heterocycles. The van der Waals surface area contributed by atoms with Crippen LogP contribution in [-0.2, 0) is 0 Å². The molecule has 19 heavy (non-hydrogen) atoms. The Morgan fingerprint density at radius 3 is 2.21 bits per heavy atom. The average molecular weight is 258 g/mol. The third kappa shape index (κ3) is 3.03. The summed E-state index contributed by atoms with van der Waals surface area (Å²) in [6, 6.07) is 11.0. The Balaban J connectivity index is 2.35. The molecule has 4 nitrogen and oxygen atoms in total. The number of hydrogen-bond acceptors (Lipinski definition) is 3. The van der Waals surface area contributed by atoms with E-state index in [4.69, 9.17) is 10.5 Å². The van der Waals surface area contributed by atoms with Crippen LogP contribution in [0.15, 0.2) is 41.2 Å². The molecule has 0 amide bonds. The van der Waals surface area contributed by atoms with Gasteiger partial charge >= 0.3 is 0 Å². The topological polar surface area (TPSA) is 57.2 Å². The van der Waals surface area contributed by atoms with Crippen LogP contribution in [0, 0.1) is 13.8 Å². The second kappa shape index (κ2) is 5.71. The van der Waals surface area contributed by atoms with Gasteiger partial charge in [0.15, 0.2) is 5.43 Å². The Labute approximate surface area is 112 Å². The van der Waals surface area contributed by atoms with Crippen LogP contribution in [-0.4, -0.2) is 17.7 Å². The van der Waals surface area contributed by atoms with Crippen molar-refractivity contribution in [1.82, 2.24) is 4.57 Å². The molecule has 0 saturated heterocycles. The maximum atomic E-state index is 11.4. The monoisotopic (exact) mass is 258 g/mol. The Bertz CT molecular complexity index is 589. The van der Waals surface area contributed by atoms with Crippen LogP contribution in [0.4, 0.5) is 0 Å². The number of pyridine rings is 1. The number of ether oxygens (including phenoxy) is 1. The van der Waals surface area contributed by atoms with Gasteiger partial charge in [-0.1, -0.05) is 0 Å². The van der Waals surface area contributed by atoms with Gasteiger partial charge in [-0.3, -0.25) is 4.79 Å². The molecule has 1 aromatic heterocycles. The van der Waals surface area contributed by atoms with Crippen LogP contribution < -0.4 is 15.9 Å². The zero-order valence-electron chi connectivity index (χ0n) is 11.2. The van der Waals surface area contributed by atoms with E-state index in [2.05, 4.69) is 0 Å². The van der Waals surface area contributed by atoms with E-state index in [1.54, 1.807) is 12.1 Å². The van der Waals surface area contributed by atoms with Crippen molar-refractivity contribution in [3.05, 3.63) is 58.0 Å². The van der Waals surface area contributed by atoms with Crippen molar-refractivity contribution in [2.75, 3.05) is 13.2 Å². The number of aromatic nitrogens is 1. The molecule has 100 valence electrons. The van der Waals surface area contributed by atoms with Gasteiger partial charge in [-0.25, -0.2) is 0 Å².